The van der Waals surface area contributed by atoms with Gasteiger partial charge in [0.2, 0.25) is 0 Å². The number of hydrogen-bond donors (Lipinski definition) is 3. The predicted octanol–water partition coefficient (Wildman–Crippen LogP) is 15.5. The Morgan fingerprint density at radius 1 is 0.373 bits per heavy atom. The van der Waals surface area contributed by atoms with Crippen molar-refractivity contribution in [3.63, 3.8) is 0 Å². The van der Waals surface area contributed by atoms with Gasteiger partial charge in [0.15, 0.2) is 34.0 Å². The lowest BCUT2D eigenvalue weighted by Crippen LogP contribution is -2.20. The third-order valence-corrected chi connectivity index (χ3v) is 19.2. The van der Waals surface area contributed by atoms with Crippen molar-refractivity contribution in [2.75, 3.05) is 14.2 Å². The molecule has 0 aliphatic heterocycles. The van der Waals surface area contributed by atoms with Crippen molar-refractivity contribution in [1.29, 1.82) is 0 Å². The first kappa shape index (κ1) is 68.0. The summed E-state index contributed by atoms with van der Waals surface area (Å²) in [6.07, 6.45) is -4.50. The largest absolute Gasteiger partial charge is 0.505 e. The summed E-state index contributed by atoms with van der Waals surface area (Å²) < 4.78 is 69.0. The first-order valence-corrected chi connectivity index (χ1v) is 32.9. The fraction of sp³-hybridized carbons (Fsp3) is 0.0390. The van der Waals surface area contributed by atoms with Gasteiger partial charge in [0.05, 0.1) is 47.5 Å². The molecule has 15 rings (SSSR count). The molecule has 0 aliphatic rings. The smallest absolute Gasteiger partial charge is 0.416 e. The van der Waals surface area contributed by atoms with Crippen molar-refractivity contribution < 1.29 is 60.8 Å². The lowest BCUT2D eigenvalue weighted by atomic mass is 10.1. The third-order valence-electron chi connectivity index (χ3n) is 16.0. The summed E-state index contributed by atoms with van der Waals surface area (Å²) in [7, 11) is 2.56. The molecule has 15 aromatic rings. The van der Waals surface area contributed by atoms with E-state index < -0.39 is 74.5 Å². The normalized spacial score (nSPS) is 11.3. The van der Waals surface area contributed by atoms with Crippen molar-refractivity contribution in [3.05, 3.63) is 316 Å². The number of esters is 2. The van der Waals surface area contributed by atoms with E-state index in [1.54, 1.807) is 182 Å². The Morgan fingerprint density at radius 2 is 0.686 bits per heavy atom. The molecular formula is C77H48F3N3O16S3. The molecule has 0 saturated heterocycles. The summed E-state index contributed by atoms with van der Waals surface area (Å²) in [6.45, 7) is 0. The molecule has 102 heavy (non-hydrogen) atoms. The Morgan fingerprint density at radius 3 is 1.03 bits per heavy atom. The molecule has 0 bridgehead atoms. The molecule has 6 heterocycles. The Balaban J connectivity index is 0.000000137. The van der Waals surface area contributed by atoms with Gasteiger partial charge in [-0.2, -0.15) is 13.2 Å². The van der Waals surface area contributed by atoms with Gasteiger partial charge in [0.25, 0.3) is 16.7 Å². The van der Waals surface area contributed by atoms with Gasteiger partial charge >= 0.3 is 35.0 Å². The molecular weight excluding hydrogens is 1380 g/mol. The van der Waals surface area contributed by atoms with Crippen LogP contribution in [0.25, 0.3) is 82.7 Å². The first-order chi connectivity index (χ1) is 49.2. The summed E-state index contributed by atoms with van der Waals surface area (Å²) in [5.41, 5.74) is -0.984. The number of fused-ring (bicyclic) bond motifs is 9. The minimum atomic E-state index is -4.50. The van der Waals surface area contributed by atoms with E-state index in [1.165, 1.54) is 46.1 Å². The summed E-state index contributed by atoms with van der Waals surface area (Å²) in [6, 6.07) is 64.5. The van der Waals surface area contributed by atoms with Crippen LogP contribution in [0, 0.1) is 0 Å². The molecule has 0 spiro atoms. The van der Waals surface area contributed by atoms with Crippen LogP contribution in [0.1, 0.15) is 26.3 Å². The van der Waals surface area contributed by atoms with Gasteiger partial charge < -0.3 is 38.0 Å². The van der Waals surface area contributed by atoms with Crippen LogP contribution in [0.3, 0.4) is 0 Å². The van der Waals surface area contributed by atoms with Gasteiger partial charge in [-0.05, 0) is 140 Å². The van der Waals surface area contributed by atoms with Crippen LogP contribution in [0.5, 0.6) is 17.2 Å². The second-order valence-corrected chi connectivity index (χ2v) is 25.4. The Labute approximate surface area is 583 Å². The minimum absolute atomic E-state index is 0.0166. The van der Waals surface area contributed by atoms with Crippen LogP contribution in [-0.4, -0.2) is 55.2 Å². The SMILES string of the molecule is COC(=O)c1ccc(Sc2c(O)c3c(=O)n(-c4ccccc4)c4ccccc4c3oc2=O)cc1.COC(=O)c1cccc(Sc2c(O)c3c(=O)n(-c4ccccc4)c4ccccc4c3oc2=O)c1.O=c1oc2c(c(O)c1Sc1ccc(C(F)(F)F)cc1)c(=O)n(-c1ccccc1)c1ccccc21. The van der Waals surface area contributed by atoms with Crippen LogP contribution in [0.15, 0.2) is 308 Å². The van der Waals surface area contributed by atoms with Crippen molar-refractivity contribution in [1.82, 2.24) is 13.7 Å². The van der Waals surface area contributed by atoms with Crippen LogP contribution in [0.2, 0.25) is 0 Å². The van der Waals surface area contributed by atoms with E-state index >= 15 is 0 Å². The Kier molecular flexibility index (Phi) is 18.9. The number of rotatable bonds is 11. The molecule has 0 amide bonds. The van der Waals surface area contributed by atoms with Gasteiger partial charge in [-0.3, -0.25) is 28.1 Å². The van der Waals surface area contributed by atoms with Crippen molar-refractivity contribution in [2.45, 2.75) is 35.5 Å². The lowest BCUT2D eigenvalue weighted by molar-refractivity contribution is -0.137. The first-order valence-electron chi connectivity index (χ1n) is 30.5. The van der Waals surface area contributed by atoms with Gasteiger partial charge in [-0.15, -0.1) is 0 Å². The highest BCUT2D eigenvalue weighted by Crippen LogP contribution is 2.42. The number of aromatic nitrogens is 3. The predicted molar refractivity (Wildman–Crippen MR) is 381 cm³/mol. The van der Waals surface area contributed by atoms with E-state index in [2.05, 4.69) is 4.74 Å². The number of alkyl halides is 3. The number of methoxy groups -OCH3 is 2. The molecule has 0 radical (unpaired) electrons. The number of carbonyl (C=O) groups is 2. The number of aromatic hydroxyl groups is 3. The molecule has 19 nitrogen and oxygen atoms in total. The molecule has 0 saturated carbocycles. The second-order valence-electron chi connectivity index (χ2n) is 22.2. The number of carbonyl (C=O) groups excluding carboxylic acids is 2. The van der Waals surface area contributed by atoms with Crippen molar-refractivity contribution in [2.24, 2.45) is 0 Å². The van der Waals surface area contributed by atoms with E-state index in [0.29, 0.717) is 65.1 Å². The zero-order chi connectivity index (χ0) is 71.7. The highest BCUT2D eigenvalue weighted by molar-refractivity contribution is 8.00. The lowest BCUT2D eigenvalue weighted by Gasteiger charge is -2.14. The number of ether oxygens (including phenoxy) is 2. The highest BCUT2D eigenvalue weighted by atomic mass is 32.2. The number of pyridine rings is 3. The monoisotopic (exact) mass is 1420 g/mol. The van der Waals surface area contributed by atoms with Crippen LogP contribution < -0.4 is 33.6 Å². The number of para-hydroxylation sites is 6. The number of benzene rings is 9. The van der Waals surface area contributed by atoms with Crippen molar-refractivity contribution >= 4 is 113 Å². The fourth-order valence-corrected chi connectivity index (χ4v) is 13.9. The quantitative estimate of drug-likeness (QED) is 0.0802. The van der Waals surface area contributed by atoms with Crippen LogP contribution >= 0.6 is 35.3 Å². The van der Waals surface area contributed by atoms with E-state index in [0.717, 1.165) is 47.4 Å². The van der Waals surface area contributed by atoms with Gasteiger partial charge in [-0.1, -0.05) is 132 Å². The summed E-state index contributed by atoms with van der Waals surface area (Å²) in [4.78, 5) is 104. The highest BCUT2D eigenvalue weighted by Gasteiger charge is 2.31. The maximum absolute atomic E-state index is 13.6. The third kappa shape index (κ3) is 13.0. The summed E-state index contributed by atoms with van der Waals surface area (Å²) >= 11 is 2.56. The van der Waals surface area contributed by atoms with E-state index in [4.69, 9.17) is 18.0 Å². The number of nitrogens with zero attached hydrogens (tertiary/aromatic N) is 3. The minimum Gasteiger partial charge on any atom is -0.505 e. The van der Waals surface area contributed by atoms with E-state index in [9.17, 15) is 66.8 Å². The molecule has 0 atom stereocenters. The van der Waals surface area contributed by atoms with Crippen LogP contribution in [-0.2, 0) is 15.7 Å². The van der Waals surface area contributed by atoms with Crippen molar-refractivity contribution in [3.8, 4) is 34.3 Å². The fourth-order valence-electron chi connectivity index (χ4n) is 11.4. The molecule has 506 valence electrons. The van der Waals surface area contributed by atoms with Gasteiger partial charge in [-0.25, -0.2) is 24.0 Å². The zero-order valence-corrected chi connectivity index (χ0v) is 55.3. The average Bonchev–Trinajstić information content (AvgIpc) is 0.745. The maximum Gasteiger partial charge on any atom is 0.416 e. The Hall–Kier alpha value is -12.6. The topological polar surface area (TPSA) is 270 Å². The van der Waals surface area contributed by atoms with Crippen LogP contribution in [0.4, 0.5) is 13.2 Å². The second kappa shape index (κ2) is 28.3. The standard InChI is InChI=1S/2C26H17NO6S.C25H14F3NO4S/c1-32-25(30)15-8-7-11-17(14-15)34-23-21(28)20-22(33-26(23)31)18-12-5-6-13-19(18)27(24(20)29)16-9-3-2-4-10-16;1-32-25(30)15-11-13-17(14-12-15)34-23-21(28)20-22(33-26(23)31)18-9-5-6-10-19(18)27(24(20)29)16-7-3-2-4-8-16;26-25(27,28)14-10-12-16(13-11-14)34-22-20(30)19-21(33-24(22)32)17-8-4-5-9-18(17)29(23(19)31)15-6-2-1-3-7-15/h2*2-14,28H,1H3;1-13,30H. The van der Waals surface area contributed by atoms with Gasteiger partial charge in [0.1, 0.15) is 30.8 Å². The average molecular weight is 1420 g/mol. The molecule has 3 N–H and O–H groups in total. The maximum atomic E-state index is 13.6. The Bertz CT molecular complexity index is 6230. The molecule has 0 fully saturated rings. The van der Waals surface area contributed by atoms with E-state index in [-0.39, 0.29) is 58.1 Å². The zero-order valence-electron chi connectivity index (χ0n) is 52.9. The van der Waals surface area contributed by atoms with Gasteiger partial charge in [0, 0.05) is 47.9 Å². The molecule has 9 aromatic carbocycles. The number of hydrogen-bond acceptors (Lipinski definition) is 19. The summed E-state index contributed by atoms with van der Waals surface area (Å²) in [5, 5.41) is 34.4. The van der Waals surface area contributed by atoms with E-state index in [1.807, 2.05) is 24.3 Å². The molecule has 6 aromatic heterocycles. The molecule has 0 unspecified atom stereocenters. The molecule has 25 heteroatoms. The summed E-state index contributed by atoms with van der Waals surface area (Å²) in [5.74, 6) is -2.53. The molecule has 0 aliphatic carbocycles. The number of halogens is 3.